The summed E-state index contributed by atoms with van der Waals surface area (Å²) in [5.41, 5.74) is 0. The van der Waals surface area contributed by atoms with E-state index >= 15 is 0 Å². The number of nitrogens with one attached hydrogen (secondary N) is 1. The van der Waals surface area contributed by atoms with E-state index in [9.17, 15) is 4.79 Å². The molecule has 1 aromatic heterocycles. The molecule has 1 N–H and O–H groups in total. The zero-order valence-corrected chi connectivity index (χ0v) is 12.2. The SMILES string of the molecule is CN(C(=O)CN1CCNCC1c1nccn1C)C1CC1. The predicted molar refractivity (Wildman–Crippen MR) is 76.2 cm³/mol. The van der Waals surface area contributed by atoms with Crippen LogP contribution in [0, 0.1) is 0 Å². The fourth-order valence-corrected chi connectivity index (χ4v) is 2.84. The molecule has 2 heterocycles. The van der Waals surface area contributed by atoms with Crippen molar-refractivity contribution in [3.63, 3.8) is 0 Å². The molecule has 1 atom stereocenters. The second-order valence-electron chi connectivity index (χ2n) is 5.82. The number of aromatic nitrogens is 2. The van der Waals surface area contributed by atoms with Crippen LogP contribution in [-0.2, 0) is 11.8 Å². The van der Waals surface area contributed by atoms with Crippen molar-refractivity contribution < 1.29 is 4.79 Å². The van der Waals surface area contributed by atoms with Gasteiger partial charge in [-0.15, -0.1) is 0 Å². The molecule has 0 spiro atoms. The van der Waals surface area contributed by atoms with Gasteiger partial charge in [-0.25, -0.2) is 4.98 Å². The van der Waals surface area contributed by atoms with Crippen molar-refractivity contribution in [1.29, 1.82) is 0 Å². The number of hydrogen-bond acceptors (Lipinski definition) is 4. The van der Waals surface area contributed by atoms with Gasteiger partial charge in [0.1, 0.15) is 5.82 Å². The van der Waals surface area contributed by atoms with Gasteiger partial charge >= 0.3 is 0 Å². The Labute approximate surface area is 119 Å². The lowest BCUT2D eigenvalue weighted by molar-refractivity contribution is -0.132. The van der Waals surface area contributed by atoms with Gasteiger partial charge in [-0.05, 0) is 12.8 Å². The first-order valence-electron chi connectivity index (χ1n) is 7.34. The van der Waals surface area contributed by atoms with Crippen LogP contribution in [0.1, 0.15) is 24.7 Å². The third-order valence-electron chi connectivity index (χ3n) is 4.34. The van der Waals surface area contributed by atoms with Gasteiger partial charge in [0, 0.05) is 52.2 Å². The lowest BCUT2D eigenvalue weighted by atomic mass is 10.1. The summed E-state index contributed by atoms with van der Waals surface area (Å²) in [5, 5.41) is 3.40. The number of piperazine rings is 1. The first kappa shape index (κ1) is 13.6. The summed E-state index contributed by atoms with van der Waals surface area (Å²) in [5.74, 6) is 1.26. The first-order valence-corrected chi connectivity index (χ1v) is 7.34. The minimum Gasteiger partial charge on any atom is -0.342 e. The third-order valence-corrected chi connectivity index (χ3v) is 4.34. The molecule has 1 unspecified atom stereocenters. The van der Waals surface area contributed by atoms with E-state index in [0.717, 1.165) is 38.3 Å². The molecule has 2 fully saturated rings. The Morgan fingerprint density at radius 2 is 2.35 bits per heavy atom. The van der Waals surface area contributed by atoms with Crippen molar-refractivity contribution in [2.24, 2.45) is 7.05 Å². The number of nitrogens with zero attached hydrogens (tertiary/aromatic N) is 4. The Morgan fingerprint density at radius 3 is 3.00 bits per heavy atom. The van der Waals surface area contributed by atoms with E-state index in [1.54, 1.807) is 0 Å². The Bertz CT molecular complexity index is 482. The molecule has 20 heavy (non-hydrogen) atoms. The van der Waals surface area contributed by atoms with Gasteiger partial charge in [0.15, 0.2) is 0 Å². The van der Waals surface area contributed by atoms with Crippen LogP contribution < -0.4 is 5.32 Å². The van der Waals surface area contributed by atoms with Crippen LogP contribution in [0.4, 0.5) is 0 Å². The van der Waals surface area contributed by atoms with Crippen molar-refractivity contribution >= 4 is 5.91 Å². The third kappa shape index (κ3) is 2.71. The van der Waals surface area contributed by atoms with E-state index in [-0.39, 0.29) is 11.9 Å². The summed E-state index contributed by atoms with van der Waals surface area (Å²) in [6.45, 7) is 3.17. The van der Waals surface area contributed by atoms with E-state index < -0.39 is 0 Å². The number of rotatable bonds is 4. The molecule has 1 aliphatic carbocycles. The maximum Gasteiger partial charge on any atom is 0.236 e. The van der Waals surface area contributed by atoms with Crippen LogP contribution in [0.25, 0.3) is 0 Å². The van der Waals surface area contributed by atoms with Gasteiger partial charge in [-0.2, -0.15) is 0 Å². The predicted octanol–water partition coefficient (Wildman–Crippen LogP) is -0.0128. The number of hydrogen-bond donors (Lipinski definition) is 1. The molecule has 0 aromatic carbocycles. The molecule has 1 aliphatic heterocycles. The molecule has 1 amide bonds. The molecular formula is C14H23N5O. The van der Waals surface area contributed by atoms with Gasteiger partial charge in [-0.1, -0.05) is 0 Å². The van der Waals surface area contributed by atoms with Crippen LogP contribution in [0.3, 0.4) is 0 Å². The summed E-state index contributed by atoms with van der Waals surface area (Å²) in [6, 6.07) is 0.664. The normalized spacial score (nSPS) is 23.8. The molecule has 0 radical (unpaired) electrons. The zero-order chi connectivity index (χ0) is 14.1. The minimum absolute atomic E-state index is 0.181. The number of likely N-dealkylation sites (N-methyl/N-ethyl adjacent to an activating group) is 1. The molecule has 0 bridgehead atoms. The number of carbonyl (C=O) groups excluding carboxylic acids is 1. The average molecular weight is 277 g/mol. The van der Waals surface area contributed by atoms with Crippen LogP contribution in [-0.4, -0.2) is 64.5 Å². The number of aryl methyl sites for hydroxylation is 1. The second-order valence-corrected chi connectivity index (χ2v) is 5.82. The molecule has 6 nitrogen and oxygen atoms in total. The fourth-order valence-electron chi connectivity index (χ4n) is 2.84. The molecule has 3 rings (SSSR count). The van der Waals surface area contributed by atoms with E-state index in [1.165, 1.54) is 0 Å². The highest BCUT2D eigenvalue weighted by atomic mass is 16.2. The summed E-state index contributed by atoms with van der Waals surface area (Å²) in [6.07, 6.45) is 6.10. The molecule has 1 aromatic rings. The number of imidazole rings is 1. The number of carbonyl (C=O) groups is 1. The van der Waals surface area contributed by atoms with Crippen molar-refractivity contribution in [2.45, 2.75) is 24.9 Å². The van der Waals surface area contributed by atoms with E-state index in [0.29, 0.717) is 12.6 Å². The van der Waals surface area contributed by atoms with Crippen molar-refractivity contribution in [1.82, 2.24) is 24.7 Å². The smallest absolute Gasteiger partial charge is 0.236 e. The lowest BCUT2D eigenvalue weighted by Gasteiger charge is -2.36. The Kier molecular flexibility index (Phi) is 3.76. The lowest BCUT2D eigenvalue weighted by Crippen LogP contribution is -2.50. The van der Waals surface area contributed by atoms with Gasteiger partial charge < -0.3 is 14.8 Å². The highest BCUT2D eigenvalue weighted by Gasteiger charge is 2.33. The van der Waals surface area contributed by atoms with Gasteiger partial charge in [-0.3, -0.25) is 9.69 Å². The highest BCUT2D eigenvalue weighted by molar-refractivity contribution is 5.78. The molecule has 2 aliphatic rings. The van der Waals surface area contributed by atoms with Crippen LogP contribution in [0.2, 0.25) is 0 Å². The molecule has 6 heteroatoms. The molecule has 1 saturated carbocycles. The average Bonchev–Trinajstić information content (AvgIpc) is 3.21. The maximum atomic E-state index is 12.3. The topological polar surface area (TPSA) is 53.4 Å². The summed E-state index contributed by atoms with van der Waals surface area (Å²) >= 11 is 0. The molecular weight excluding hydrogens is 254 g/mol. The quantitative estimate of drug-likeness (QED) is 0.841. The Hall–Kier alpha value is -1.40. The second kappa shape index (κ2) is 5.54. The van der Waals surface area contributed by atoms with Gasteiger partial charge in [0.25, 0.3) is 0 Å². The van der Waals surface area contributed by atoms with Crippen molar-refractivity contribution in [3.05, 3.63) is 18.2 Å². The van der Waals surface area contributed by atoms with Gasteiger partial charge in [0.05, 0.1) is 12.6 Å². The van der Waals surface area contributed by atoms with E-state index in [4.69, 9.17) is 0 Å². The van der Waals surface area contributed by atoms with Crippen LogP contribution >= 0.6 is 0 Å². The van der Waals surface area contributed by atoms with Gasteiger partial charge in [0.2, 0.25) is 5.91 Å². The zero-order valence-electron chi connectivity index (χ0n) is 12.2. The minimum atomic E-state index is 0.181. The summed E-state index contributed by atoms with van der Waals surface area (Å²) in [7, 11) is 3.94. The first-order chi connectivity index (χ1) is 9.66. The maximum absolute atomic E-state index is 12.3. The van der Waals surface area contributed by atoms with E-state index in [1.807, 2.05) is 36.0 Å². The summed E-state index contributed by atoms with van der Waals surface area (Å²) in [4.78, 5) is 20.9. The van der Waals surface area contributed by atoms with Crippen LogP contribution in [0.5, 0.6) is 0 Å². The molecule has 1 saturated heterocycles. The Balaban J connectivity index is 1.69. The van der Waals surface area contributed by atoms with Crippen LogP contribution in [0.15, 0.2) is 12.4 Å². The standard InChI is InChI=1S/C14H23N5O/c1-17-7-6-16-14(17)12-9-15-5-8-19(12)10-13(20)18(2)11-3-4-11/h6-7,11-12,15H,3-5,8-10H2,1-2H3. The highest BCUT2D eigenvalue weighted by Crippen LogP contribution is 2.26. The molecule has 110 valence electrons. The van der Waals surface area contributed by atoms with Crippen molar-refractivity contribution in [2.75, 3.05) is 33.2 Å². The largest absolute Gasteiger partial charge is 0.342 e. The fraction of sp³-hybridized carbons (Fsp3) is 0.714. The van der Waals surface area contributed by atoms with E-state index in [2.05, 4.69) is 15.2 Å². The summed E-state index contributed by atoms with van der Waals surface area (Å²) < 4.78 is 2.04. The van der Waals surface area contributed by atoms with Crippen molar-refractivity contribution in [3.8, 4) is 0 Å². The number of amides is 1. The monoisotopic (exact) mass is 277 g/mol. The Morgan fingerprint density at radius 1 is 1.55 bits per heavy atom.